The summed E-state index contributed by atoms with van der Waals surface area (Å²) in [7, 11) is 3.01. The summed E-state index contributed by atoms with van der Waals surface area (Å²) in [6.07, 6.45) is -1.06. The SMILES string of the molecule is CCOC(=O)[C@@H]1[C@@H]2C(=O)N(c3ccccc3)C(=O)[C@@H]2[C@H]2[C@H](OCOC)[C@@H](OCOC)CN21. The number of imide groups is 1. The highest BCUT2D eigenvalue weighted by Gasteiger charge is 2.69. The molecule has 10 nitrogen and oxygen atoms in total. The van der Waals surface area contributed by atoms with Gasteiger partial charge in [-0.3, -0.25) is 19.3 Å². The van der Waals surface area contributed by atoms with Gasteiger partial charge in [-0.05, 0) is 19.1 Å². The molecule has 0 aromatic heterocycles. The van der Waals surface area contributed by atoms with Gasteiger partial charge in [0.25, 0.3) is 0 Å². The molecule has 2 amide bonds. The lowest BCUT2D eigenvalue weighted by molar-refractivity contribution is -0.153. The van der Waals surface area contributed by atoms with E-state index in [0.29, 0.717) is 12.2 Å². The highest BCUT2D eigenvalue weighted by Crippen LogP contribution is 2.49. The number of para-hydroxylation sites is 1. The third kappa shape index (κ3) is 3.71. The van der Waals surface area contributed by atoms with Crippen molar-refractivity contribution >= 4 is 23.5 Å². The van der Waals surface area contributed by atoms with Crippen molar-refractivity contribution in [2.45, 2.75) is 31.2 Å². The Hall–Kier alpha value is -2.37. The first-order valence-electron chi connectivity index (χ1n) is 10.6. The summed E-state index contributed by atoms with van der Waals surface area (Å²) in [5.74, 6) is -2.91. The summed E-state index contributed by atoms with van der Waals surface area (Å²) in [5.41, 5.74) is 0.477. The number of methoxy groups -OCH3 is 2. The zero-order valence-electron chi connectivity index (χ0n) is 18.3. The minimum absolute atomic E-state index is 0.0200. The van der Waals surface area contributed by atoms with Crippen molar-refractivity contribution in [3.63, 3.8) is 0 Å². The molecule has 0 N–H and O–H groups in total. The lowest BCUT2D eigenvalue weighted by Gasteiger charge is -2.28. The van der Waals surface area contributed by atoms with Gasteiger partial charge in [0.2, 0.25) is 11.8 Å². The number of carbonyl (C=O) groups excluding carboxylic acids is 3. The number of nitrogens with zero attached hydrogens (tertiary/aromatic N) is 2. The van der Waals surface area contributed by atoms with Gasteiger partial charge in [0.15, 0.2) is 0 Å². The number of esters is 1. The molecule has 3 aliphatic rings. The molecule has 4 rings (SSSR count). The summed E-state index contributed by atoms with van der Waals surface area (Å²) >= 11 is 0. The first-order valence-corrected chi connectivity index (χ1v) is 10.6. The number of hydrogen-bond acceptors (Lipinski definition) is 9. The van der Waals surface area contributed by atoms with Crippen LogP contribution in [0, 0.1) is 11.8 Å². The predicted molar refractivity (Wildman–Crippen MR) is 110 cm³/mol. The van der Waals surface area contributed by atoms with Crippen LogP contribution in [0.1, 0.15) is 6.92 Å². The van der Waals surface area contributed by atoms with Crippen LogP contribution in [-0.2, 0) is 38.1 Å². The summed E-state index contributed by atoms with van der Waals surface area (Å²) in [5, 5.41) is 0. The van der Waals surface area contributed by atoms with E-state index in [2.05, 4.69) is 0 Å². The molecule has 10 heteroatoms. The summed E-state index contributed by atoms with van der Waals surface area (Å²) in [6, 6.07) is 7.28. The zero-order chi connectivity index (χ0) is 22.8. The van der Waals surface area contributed by atoms with Crippen LogP contribution < -0.4 is 4.90 Å². The zero-order valence-corrected chi connectivity index (χ0v) is 18.3. The van der Waals surface area contributed by atoms with Crippen molar-refractivity contribution in [1.82, 2.24) is 4.90 Å². The maximum absolute atomic E-state index is 13.6. The fourth-order valence-electron chi connectivity index (χ4n) is 5.16. The minimum Gasteiger partial charge on any atom is -0.465 e. The van der Waals surface area contributed by atoms with Crippen LogP contribution >= 0.6 is 0 Å². The second-order valence-corrected chi connectivity index (χ2v) is 7.93. The van der Waals surface area contributed by atoms with Gasteiger partial charge in [-0.25, -0.2) is 4.90 Å². The van der Waals surface area contributed by atoms with E-state index in [-0.39, 0.29) is 26.1 Å². The maximum atomic E-state index is 13.6. The number of benzene rings is 1. The lowest BCUT2D eigenvalue weighted by atomic mass is 9.86. The van der Waals surface area contributed by atoms with E-state index in [1.165, 1.54) is 19.1 Å². The van der Waals surface area contributed by atoms with Crippen molar-refractivity contribution in [3.05, 3.63) is 30.3 Å². The van der Waals surface area contributed by atoms with Crippen LogP contribution in [0.5, 0.6) is 0 Å². The molecule has 32 heavy (non-hydrogen) atoms. The van der Waals surface area contributed by atoms with Crippen LogP contribution in [0.4, 0.5) is 5.69 Å². The van der Waals surface area contributed by atoms with Gasteiger partial charge >= 0.3 is 5.97 Å². The van der Waals surface area contributed by atoms with Crippen LogP contribution in [0.2, 0.25) is 0 Å². The van der Waals surface area contributed by atoms with Gasteiger partial charge in [0.1, 0.15) is 31.8 Å². The van der Waals surface area contributed by atoms with Gasteiger partial charge < -0.3 is 23.7 Å². The van der Waals surface area contributed by atoms with Crippen molar-refractivity contribution in [1.29, 1.82) is 0 Å². The Balaban J connectivity index is 1.73. The molecule has 1 aromatic rings. The van der Waals surface area contributed by atoms with Crippen molar-refractivity contribution in [2.24, 2.45) is 11.8 Å². The fraction of sp³-hybridized carbons (Fsp3) is 0.591. The van der Waals surface area contributed by atoms with Crippen molar-refractivity contribution < 1.29 is 38.1 Å². The molecule has 0 spiro atoms. The molecule has 174 valence electrons. The van der Waals surface area contributed by atoms with Gasteiger partial charge in [-0.2, -0.15) is 0 Å². The van der Waals surface area contributed by atoms with E-state index in [1.54, 1.807) is 31.2 Å². The van der Waals surface area contributed by atoms with Gasteiger partial charge in [0.05, 0.1) is 30.2 Å². The van der Waals surface area contributed by atoms with Crippen LogP contribution in [0.3, 0.4) is 0 Å². The molecule has 0 saturated carbocycles. The monoisotopic (exact) mass is 448 g/mol. The normalized spacial score (nSPS) is 31.8. The molecule has 0 bridgehead atoms. The Bertz CT molecular complexity index is 850. The number of rotatable bonds is 9. The predicted octanol–water partition coefficient (Wildman–Crippen LogP) is 0.400. The third-order valence-corrected chi connectivity index (χ3v) is 6.26. The molecule has 3 fully saturated rings. The highest BCUT2D eigenvalue weighted by molar-refractivity contribution is 6.23. The third-order valence-electron chi connectivity index (χ3n) is 6.26. The molecule has 0 radical (unpaired) electrons. The number of fused-ring (bicyclic) bond motifs is 3. The Labute approximate surface area is 186 Å². The standard InChI is InChI=1S/C22H28N2O8/c1-4-30-22(27)18-16-15(20(25)24(21(16)26)13-8-6-5-7-9-13)17-19(32-12-29-3)14(10-23(17)18)31-11-28-2/h5-9,14-19H,4,10-12H2,1-3H3/t14-,15-,16+,17-,18-,19+/m0/s1. The summed E-state index contributed by atoms with van der Waals surface area (Å²) in [4.78, 5) is 43.0. The lowest BCUT2D eigenvalue weighted by Crippen LogP contribution is -2.48. The number of amides is 2. The summed E-state index contributed by atoms with van der Waals surface area (Å²) in [6.45, 7) is 2.18. The molecule has 0 unspecified atom stereocenters. The molecular formula is C22H28N2O8. The first-order chi connectivity index (χ1) is 15.5. The van der Waals surface area contributed by atoms with E-state index in [4.69, 9.17) is 23.7 Å². The number of anilines is 1. The Kier molecular flexibility index (Phi) is 6.87. The molecular weight excluding hydrogens is 420 g/mol. The van der Waals surface area contributed by atoms with E-state index >= 15 is 0 Å². The number of carbonyl (C=O) groups is 3. The Morgan fingerprint density at radius 2 is 1.66 bits per heavy atom. The second kappa shape index (κ2) is 9.63. The Morgan fingerprint density at radius 3 is 2.31 bits per heavy atom. The maximum Gasteiger partial charge on any atom is 0.324 e. The van der Waals surface area contributed by atoms with Crippen molar-refractivity contribution in [2.75, 3.05) is 45.9 Å². The number of hydrogen-bond donors (Lipinski definition) is 0. The molecule has 1 aromatic carbocycles. The van der Waals surface area contributed by atoms with Crippen molar-refractivity contribution in [3.8, 4) is 0 Å². The average Bonchev–Trinajstić information content (AvgIpc) is 3.38. The molecule has 3 saturated heterocycles. The topological polar surface area (TPSA) is 104 Å². The van der Waals surface area contributed by atoms with E-state index in [0.717, 1.165) is 0 Å². The smallest absolute Gasteiger partial charge is 0.324 e. The first kappa shape index (κ1) is 22.8. The Morgan fingerprint density at radius 1 is 1.00 bits per heavy atom. The van der Waals surface area contributed by atoms with E-state index in [9.17, 15) is 14.4 Å². The van der Waals surface area contributed by atoms with Gasteiger partial charge in [0, 0.05) is 20.8 Å². The quantitative estimate of drug-likeness (QED) is 0.302. The van der Waals surface area contributed by atoms with Crippen LogP contribution in [-0.4, -0.2) is 87.9 Å². The highest BCUT2D eigenvalue weighted by atomic mass is 16.7. The number of ether oxygens (including phenoxy) is 5. The molecule has 3 heterocycles. The van der Waals surface area contributed by atoms with Crippen LogP contribution in [0.15, 0.2) is 30.3 Å². The van der Waals surface area contributed by atoms with Gasteiger partial charge in [-0.15, -0.1) is 0 Å². The molecule has 6 atom stereocenters. The molecule has 3 aliphatic heterocycles. The fourth-order valence-corrected chi connectivity index (χ4v) is 5.16. The summed E-state index contributed by atoms with van der Waals surface area (Å²) < 4.78 is 27.2. The van der Waals surface area contributed by atoms with Gasteiger partial charge in [-0.1, -0.05) is 18.2 Å². The molecule has 0 aliphatic carbocycles. The second-order valence-electron chi connectivity index (χ2n) is 7.93. The average molecular weight is 448 g/mol. The van der Waals surface area contributed by atoms with E-state index < -0.39 is 48.0 Å². The minimum atomic E-state index is -0.903. The van der Waals surface area contributed by atoms with E-state index in [1.807, 2.05) is 11.0 Å². The largest absolute Gasteiger partial charge is 0.465 e. The van der Waals surface area contributed by atoms with Crippen LogP contribution in [0.25, 0.3) is 0 Å².